The van der Waals surface area contributed by atoms with Crippen molar-refractivity contribution >= 4 is 23.5 Å². The Kier molecular flexibility index (Phi) is 5.95. The Hall–Kier alpha value is 0.550. The molecule has 3 aliphatic rings. The number of hydrogen-bond donors (Lipinski definition) is 1. The van der Waals surface area contributed by atoms with E-state index in [1.807, 2.05) is 11.8 Å². The van der Waals surface area contributed by atoms with Crippen molar-refractivity contribution in [2.45, 2.75) is 79.6 Å². The fraction of sp³-hybridized carbons (Fsp3) is 1.00. The Morgan fingerprint density at radius 1 is 1.10 bits per heavy atom. The number of ether oxygens (including phenoxy) is 1. The molecule has 0 amide bonds. The smallest absolute Gasteiger partial charge is 0.126 e. The molecule has 1 aliphatic heterocycles. The van der Waals surface area contributed by atoms with Gasteiger partial charge in [-0.3, -0.25) is 5.32 Å². The quantitative estimate of drug-likeness (QED) is 0.774. The molecule has 0 radical (unpaired) electrons. The molecule has 0 spiro atoms. The summed E-state index contributed by atoms with van der Waals surface area (Å²) in [6.45, 7) is 0.698. The largest absolute Gasteiger partial charge is 0.374 e. The predicted molar refractivity (Wildman–Crippen MR) is 86.1 cm³/mol. The van der Waals surface area contributed by atoms with E-state index in [0.29, 0.717) is 17.7 Å². The summed E-state index contributed by atoms with van der Waals surface area (Å²) in [5.41, 5.74) is 0. The van der Waals surface area contributed by atoms with Crippen LogP contribution in [-0.4, -0.2) is 40.6 Å². The third-order valence-electron chi connectivity index (χ3n) is 4.66. The molecule has 5 atom stereocenters. The molecule has 1 saturated heterocycles. The van der Waals surface area contributed by atoms with Gasteiger partial charge in [0.1, 0.15) is 10.9 Å². The summed E-state index contributed by atoms with van der Waals surface area (Å²) in [6, 6.07) is 0.737. The lowest BCUT2D eigenvalue weighted by Gasteiger charge is -2.26. The highest BCUT2D eigenvalue weighted by Gasteiger charge is 2.35. The number of rotatable bonds is 5. The Morgan fingerprint density at radius 3 is 2.75 bits per heavy atom. The lowest BCUT2D eigenvalue weighted by Crippen LogP contribution is -2.34. The summed E-state index contributed by atoms with van der Waals surface area (Å²) in [4.78, 5) is 0. The van der Waals surface area contributed by atoms with Crippen LogP contribution in [0, 0.1) is 0 Å². The molecule has 3 rings (SSSR count). The van der Waals surface area contributed by atoms with Crippen molar-refractivity contribution in [2.24, 2.45) is 0 Å². The highest BCUT2D eigenvalue weighted by molar-refractivity contribution is 8.17. The molecule has 2 aliphatic carbocycles. The molecule has 5 heteroatoms. The van der Waals surface area contributed by atoms with Crippen LogP contribution in [0.2, 0.25) is 0 Å². The average molecular weight is 320 g/mol. The summed E-state index contributed by atoms with van der Waals surface area (Å²) in [7, 11) is 0. The molecule has 0 aromatic rings. The van der Waals surface area contributed by atoms with E-state index in [9.17, 15) is 4.39 Å². The molecule has 5 unspecified atom stereocenters. The number of fused-ring (bicyclic) bond motifs is 1. The third-order valence-corrected chi connectivity index (χ3v) is 7.54. The Labute approximate surface area is 130 Å². The number of hydrogen-bond acceptors (Lipinski definition) is 4. The van der Waals surface area contributed by atoms with E-state index >= 15 is 0 Å². The minimum atomic E-state index is -0.726. The highest BCUT2D eigenvalue weighted by Crippen LogP contribution is 2.40. The van der Waals surface area contributed by atoms with Crippen LogP contribution < -0.4 is 5.32 Å². The van der Waals surface area contributed by atoms with Crippen LogP contribution in [0.15, 0.2) is 0 Å². The zero-order valence-corrected chi connectivity index (χ0v) is 13.7. The van der Waals surface area contributed by atoms with Crippen LogP contribution in [0.3, 0.4) is 0 Å². The maximum atomic E-state index is 13.6. The summed E-state index contributed by atoms with van der Waals surface area (Å²) in [5.74, 6) is 0.979. The molecule has 0 bridgehead atoms. The Balaban J connectivity index is 1.30. The van der Waals surface area contributed by atoms with Gasteiger partial charge in [-0.1, -0.05) is 25.7 Å². The van der Waals surface area contributed by atoms with Gasteiger partial charge in [0.25, 0.3) is 0 Å². The van der Waals surface area contributed by atoms with Crippen molar-refractivity contribution < 1.29 is 9.13 Å². The topological polar surface area (TPSA) is 21.3 Å². The molecule has 116 valence electrons. The molecule has 2 nitrogen and oxygen atoms in total. The van der Waals surface area contributed by atoms with Gasteiger partial charge in [-0.25, -0.2) is 4.39 Å². The first-order valence-corrected chi connectivity index (χ1v) is 10.1. The van der Waals surface area contributed by atoms with Crippen LogP contribution >= 0.6 is 23.5 Å². The van der Waals surface area contributed by atoms with Gasteiger partial charge in [0.05, 0.1) is 12.7 Å². The fourth-order valence-electron chi connectivity index (χ4n) is 3.50. The zero-order chi connectivity index (χ0) is 13.8. The summed E-state index contributed by atoms with van der Waals surface area (Å²) < 4.78 is 19.9. The highest BCUT2D eigenvalue weighted by atomic mass is 32.2. The SMILES string of the molecule is FC1CCCCC1OCCSC1NC2CCCCC2S1. The first kappa shape index (κ1) is 15.4. The second-order valence-corrected chi connectivity index (χ2v) is 9.01. The van der Waals surface area contributed by atoms with E-state index in [2.05, 4.69) is 17.1 Å². The van der Waals surface area contributed by atoms with Crippen molar-refractivity contribution in [1.29, 1.82) is 0 Å². The van der Waals surface area contributed by atoms with Crippen LogP contribution in [0.25, 0.3) is 0 Å². The van der Waals surface area contributed by atoms with Gasteiger partial charge >= 0.3 is 0 Å². The lowest BCUT2D eigenvalue weighted by molar-refractivity contribution is -0.0172. The second kappa shape index (κ2) is 7.70. The van der Waals surface area contributed by atoms with Crippen molar-refractivity contribution in [2.75, 3.05) is 12.4 Å². The lowest BCUT2D eigenvalue weighted by atomic mass is 9.95. The van der Waals surface area contributed by atoms with Crippen molar-refractivity contribution in [3.05, 3.63) is 0 Å². The average Bonchev–Trinajstić information content (AvgIpc) is 2.88. The Morgan fingerprint density at radius 2 is 1.90 bits per heavy atom. The predicted octanol–water partition coefficient (Wildman–Crippen LogP) is 3.95. The van der Waals surface area contributed by atoms with Crippen LogP contribution in [0.5, 0.6) is 0 Å². The maximum Gasteiger partial charge on any atom is 0.126 e. The third kappa shape index (κ3) is 4.05. The molecule has 0 aromatic carbocycles. The summed E-state index contributed by atoms with van der Waals surface area (Å²) >= 11 is 4.05. The number of thioether (sulfide) groups is 2. The van der Waals surface area contributed by atoms with Gasteiger partial charge in [-0.15, -0.1) is 23.5 Å². The number of nitrogens with one attached hydrogen (secondary N) is 1. The number of halogens is 1. The van der Waals surface area contributed by atoms with Crippen molar-refractivity contribution in [3.63, 3.8) is 0 Å². The summed E-state index contributed by atoms with van der Waals surface area (Å²) in [5, 5.41) is 4.57. The molecular formula is C15H26FNOS2. The molecule has 1 heterocycles. The van der Waals surface area contributed by atoms with Crippen molar-refractivity contribution in [3.8, 4) is 0 Å². The maximum absolute atomic E-state index is 13.6. The van der Waals surface area contributed by atoms with Gasteiger partial charge in [0, 0.05) is 17.0 Å². The first-order chi connectivity index (χ1) is 9.83. The van der Waals surface area contributed by atoms with E-state index < -0.39 is 6.17 Å². The standard InChI is InChI=1S/C15H26FNOS2/c16-11-5-1-3-7-13(11)18-9-10-19-15-17-12-6-2-4-8-14(12)20-15/h11-15,17H,1-10H2. The van der Waals surface area contributed by atoms with Crippen LogP contribution in [-0.2, 0) is 4.74 Å². The van der Waals surface area contributed by atoms with E-state index in [1.165, 1.54) is 25.7 Å². The van der Waals surface area contributed by atoms with Gasteiger partial charge in [-0.2, -0.15) is 0 Å². The second-order valence-electron chi connectivity index (χ2n) is 6.14. The molecule has 20 heavy (non-hydrogen) atoms. The van der Waals surface area contributed by atoms with Crippen LogP contribution in [0.4, 0.5) is 4.39 Å². The molecule has 1 N–H and O–H groups in total. The van der Waals surface area contributed by atoms with Gasteiger partial charge in [-0.05, 0) is 25.7 Å². The van der Waals surface area contributed by atoms with E-state index in [-0.39, 0.29) is 6.10 Å². The number of alkyl halides is 1. The monoisotopic (exact) mass is 319 g/mol. The minimum absolute atomic E-state index is 0.129. The zero-order valence-electron chi connectivity index (χ0n) is 12.1. The summed E-state index contributed by atoms with van der Waals surface area (Å²) in [6.07, 6.45) is 8.41. The fourth-order valence-corrected chi connectivity index (χ4v) is 6.49. The van der Waals surface area contributed by atoms with Gasteiger partial charge in [0.2, 0.25) is 0 Å². The normalized spacial score (nSPS) is 41.5. The first-order valence-electron chi connectivity index (χ1n) is 8.12. The minimum Gasteiger partial charge on any atom is -0.374 e. The van der Waals surface area contributed by atoms with Crippen LogP contribution in [0.1, 0.15) is 51.4 Å². The Bertz CT molecular complexity index is 294. The van der Waals surface area contributed by atoms with E-state index in [4.69, 9.17) is 4.74 Å². The van der Waals surface area contributed by atoms with Crippen molar-refractivity contribution in [1.82, 2.24) is 5.32 Å². The molecule has 3 fully saturated rings. The molecular weight excluding hydrogens is 293 g/mol. The van der Waals surface area contributed by atoms with Gasteiger partial charge < -0.3 is 4.74 Å². The van der Waals surface area contributed by atoms with Gasteiger partial charge in [0.15, 0.2) is 0 Å². The van der Waals surface area contributed by atoms with E-state index in [1.54, 1.807) is 0 Å². The molecule has 2 saturated carbocycles. The molecule has 0 aromatic heterocycles. The van der Waals surface area contributed by atoms with E-state index in [0.717, 1.165) is 36.3 Å².